The highest BCUT2D eigenvalue weighted by Gasteiger charge is 2.02. The second-order valence-electron chi connectivity index (χ2n) is 10.5. The summed E-state index contributed by atoms with van der Waals surface area (Å²) in [6.45, 7) is 6.58. The van der Waals surface area contributed by atoms with Crippen molar-refractivity contribution in [1.29, 1.82) is 0 Å². The fourth-order valence-electron chi connectivity index (χ4n) is 4.70. The molecule has 202 valence electrons. The van der Waals surface area contributed by atoms with Crippen LogP contribution in [0.3, 0.4) is 0 Å². The number of unbranched alkanes of at least 4 members (excludes halogenated alkanes) is 24. The van der Waals surface area contributed by atoms with Crippen LogP contribution in [-0.4, -0.2) is 12.6 Å². The van der Waals surface area contributed by atoms with Crippen LogP contribution in [0.25, 0.3) is 0 Å². The summed E-state index contributed by atoms with van der Waals surface area (Å²) in [6, 6.07) is 0. The van der Waals surface area contributed by atoms with E-state index in [4.69, 9.17) is 4.74 Å². The van der Waals surface area contributed by atoms with Gasteiger partial charge in [0.25, 0.3) is 0 Å². The molecule has 0 aromatic heterocycles. The van der Waals surface area contributed by atoms with Crippen LogP contribution < -0.4 is 0 Å². The highest BCUT2D eigenvalue weighted by atomic mass is 16.5. The van der Waals surface area contributed by atoms with Crippen molar-refractivity contribution in [2.24, 2.45) is 0 Å². The molecule has 0 heterocycles. The minimum atomic E-state index is -0.0119. The fourth-order valence-corrected chi connectivity index (χ4v) is 4.70. The third kappa shape index (κ3) is 29.2. The van der Waals surface area contributed by atoms with E-state index in [0.717, 1.165) is 25.7 Å². The van der Waals surface area contributed by atoms with Crippen LogP contribution in [0.15, 0.2) is 12.7 Å². The average Bonchev–Trinajstić information content (AvgIpc) is 2.84. The molecule has 0 fully saturated rings. The second kappa shape index (κ2) is 30.2. The van der Waals surface area contributed by atoms with Gasteiger partial charge in [0.05, 0.1) is 6.61 Å². The zero-order valence-electron chi connectivity index (χ0n) is 23.4. The Bertz CT molecular complexity index is 404. The first kappa shape index (κ1) is 33.2. The topological polar surface area (TPSA) is 26.3 Å². The SMILES string of the molecule is C=CCCCCOC(=O)CCCCCCCCCCCCCCCCCCCCCCCCC. The van der Waals surface area contributed by atoms with E-state index in [-0.39, 0.29) is 5.97 Å². The quantitative estimate of drug-likeness (QED) is 0.0607. The van der Waals surface area contributed by atoms with Crippen molar-refractivity contribution in [3.8, 4) is 0 Å². The molecule has 0 aliphatic heterocycles. The first-order valence-corrected chi connectivity index (χ1v) is 15.6. The summed E-state index contributed by atoms with van der Waals surface area (Å²) < 4.78 is 5.27. The molecule has 0 rings (SSSR count). The molecule has 0 aromatic rings. The lowest BCUT2D eigenvalue weighted by Gasteiger charge is -2.05. The lowest BCUT2D eigenvalue weighted by atomic mass is 10.0. The molecule has 0 radical (unpaired) electrons. The molecule has 0 N–H and O–H groups in total. The summed E-state index contributed by atoms with van der Waals surface area (Å²) in [5.74, 6) is -0.0119. The van der Waals surface area contributed by atoms with Crippen molar-refractivity contribution in [2.45, 2.75) is 180 Å². The van der Waals surface area contributed by atoms with Crippen LogP contribution in [0.4, 0.5) is 0 Å². The molecule has 0 amide bonds. The number of allylic oxidation sites excluding steroid dienone is 1. The van der Waals surface area contributed by atoms with Gasteiger partial charge in [-0.2, -0.15) is 0 Å². The van der Waals surface area contributed by atoms with Gasteiger partial charge in [0.1, 0.15) is 0 Å². The molecular formula is C32H62O2. The van der Waals surface area contributed by atoms with Crippen LogP contribution in [0, 0.1) is 0 Å². The molecular weight excluding hydrogens is 416 g/mol. The molecule has 0 atom stereocenters. The van der Waals surface area contributed by atoms with E-state index in [1.165, 1.54) is 141 Å². The monoisotopic (exact) mass is 478 g/mol. The molecule has 0 saturated carbocycles. The first-order valence-electron chi connectivity index (χ1n) is 15.6. The fraction of sp³-hybridized carbons (Fsp3) is 0.906. The summed E-state index contributed by atoms with van der Waals surface area (Å²) in [7, 11) is 0. The maximum Gasteiger partial charge on any atom is 0.305 e. The minimum Gasteiger partial charge on any atom is -0.466 e. The van der Waals surface area contributed by atoms with E-state index in [0.29, 0.717) is 13.0 Å². The molecule has 2 nitrogen and oxygen atoms in total. The van der Waals surface area contributed by atoms with Crippen molar-refractivity contribution >= 4 is 5.97 Å². The number of esters is 1. The lowest BCUT2D eigenvalue weighted by Crippen LogP contribution is -2.05. The van der Waals surface area contributed by atoms with Crippen LogP contribution in [0.5, 0.6) is 0 Å². The van der Waals surface area contributed by atoms with Gasteiger partial charge in [-0.25, -0.2) is 0 Å². The van der Waals surface area contributed by atoms with Gasteiger partial charge in [-0.15, -0.1) is 6.58 Å². The third-order valence-corrected chi connectivity index (χ3v) is 7.05. The van der Waals surface area contributed by atoms with Gasteiger partial charge in [-0.05, 0) is 25.7 Å². The standard InChI is InChI=1S/C32H62O2/c1-3-5-7-9-10-11-12-13-14-15-16-17-18-19-20-21-22-23-24-25-26-27-28-30-32(33)34-31-29-8-6-4-2/h4H,2-3,5-31H2,1H3. The number of carbonyl (C=O) groups is 1. The van der Waals surface area contributed by atoms with Crippen molar-refractivity contribution in [3.05, 3.63) is 12.7 Å². The zero-order valence-corrected chi connectivity index (χ0v) is 23.4. The van der Waals surface area contributed by atoms with E-state index in [9.17, 15) is 4.79 Å². The van der Waals surface area contributed by atoms with Gasteiger partial charge in [-0.1, -0.05) is 154 Å². The number of hydrogen-bond acceptors (Lipinski definition) is 2. The number of rotatable bonds is 29. The van der Waals surface area contributed by atoms with E-state index in [1.54, 1.807) is 0 Å². The van der Waals surface area contributed by atoms with Gasteiger partial charge < -0.3 is 4.74 Å². The molecule has 0 saturated heterocycles. The van der Waals surface area contributed by atoms with E-state index in [2.05, 4.69) is 13.5 Å². The van der Waals surface area contributed by atoms with Gasteiger partial charge in [0.15, 0.2) is 0 Å². The Morgan fingerprint density at radius 1 is 0.529 bits per heavy atom. The summed E-state index contributed by atoms with van der Waals surface area (Å²) >= 11 is 0. The molecule has 0 spiro atoms. The van der Waals surface area contributed by atoms with E-state index in [1.807, 2.05) is 6.08 Å². The molecule has 0 aliphatic carbocycles. The smallest absolute Gasteiger partial charge is 0.305 e. The average molecular weight is 479 g/mol. The Kier molecular flexibility index (Phi) is 29.5. The third-order valence-electron chi connectivity index (χ3n) is 7.05. The van der Waals surface area contributed by atoms with Crippen molar-refractivity contribution in [3.63, 3.8) is 0 Å². The Balaban J connectivity index is 3.09. The van der Waals surface area contributed by atoms with E-state index < -0.39 is 0 Å². The molecule has 34 heavy (non-hydrogen) atoms. The maximum absolute atomic E-state index is 11.6. The molecule has 0 aliphatic rings. The van der Waals surface area contributed by atoms with E-state index >= 15 is 0 Å². The van der Waals surface area contributed by atoms with Crippen molar-refractivity contribution < 1.29 is 9.53 Å². The minimum absolute atomic E-state index is 0.0119. The zero-order chi connectivity index (χ0) is 24.8. The predicted molar refractivity (Wildman–Crippen MR) is 151 cm³/mol. The maximum atomic E-state index is 11.6. The van der Waals surface area contributed by atoms with Gasteiger partial charge in [0, 0.05) is 6.42 Å². The molecule has 2 heteroatoms. The summed E-state index contributed by atoms with van der Waals surface area (Å²) in [5.41, 5.74) is 0. The lowest BCUT2D eigenvalue weighted by molar-refractivity contribution is -0.143. The molecule has 0 bridgehead atoms. The first-order chi connectivity index (χ1) is 16.8. The Labute approximate surface area is 215 Å². The van der Waals surface area contributed by atoms with Crippen molar-refractivity contribution in [1.82, 2.24) is 0 Å². The highest BCUT2D eigenvalue weighted by molar-refractivity contribution is 5.69. The molecule has 0 unspecified atom stereocenters. The van der Waals surface area contributed by atoms with Crippen LogP contribution >= 0.6 is 0 Å². The van der Waals surface area contributed by atoms with Gasteiger partial charge in [-0.3, -0.25) is 4.79 Å². The predicted octanol–water partition coefficient (Wildman–Crippen LogP) is 11.3. The van der Waals surface area contributed by atoms with Crippen LogP contribution in [0.1, 0.15) is 180 Å². The summed E-state index contributed by atoms with van der Waals surface area (Å²) in [5, 5.41) is 0. The largest absolute Gasteiger partial charge is 0.466 e. The Morgan fingerprint density at radius 2 is 0.882 bits per heavy atom. The Morgan fingerprint density at radius 3 is 1.24 bits per heavy atom. The number of ether oxygens (including phenoxy) is 1. The highest BCUT2D eigenvalue weighted by Crippen LogP contribution is 2.15. The Hall–Kier alpha value is -0.790. The summed E-state index contributed by atoms with van der Waals surface area (Å²) in [4.78, 5) is 11.6. The normalized spacial score (nSPS) is 11.1. The second-order valence-corrected chi connectivity index (χ2v) is 10.5. The van der Waals surface area contributed by atoms with Crippen LogP contribution in [0.2, 0.25) is 0 Å². The molecule has 0 aromatic carbocycles. The number of hydrogen-bond donors (Lipinski definition) is 0. The van der Waals surface area contributed by atoms with Gasteiger partial charge >= 0.3 is 5.97 Å². The van der Waals surface area contributed by atoms with Crippen LogP contribution in [-0.2, 0) is 9.53 Å². The number of carbonyl (C=O) groups excluding carboxylic acids is 1. The van der Waals surface area contributed by atoms with Crippen molar-refractivity contribution in [2.75, 3.05) is 6.61 Å². The summed E-state index contributed by atoms with van der Waals surface area (Å²) in [6.07, 6.45) is 37.7. The van der Waals surface area contributed by atoms with Gasteiger partial charge in [0.2, 0.25) is 0 Å².